The van der Waals surface area contributed by atoms with Crippen molar-refractivity contribution in [1.29, 1.82) is 0 Å². The largest absolute Gasteiger partial charge is 0.496 e. The smallest absolute Gasteiger partial charge is 0.311 e. The van der Waals surface area contributed by atoms with E-state index in [4.69, 9.17) is 77.2 Å². The van der Waals surface area contributed by atoms with Crippen LogP contribution in [0.2, 0.25) is 0 Å². The molecule has 4 aromatic carbocycles. The van der Waals surface area contributed by atoms with Crippen molar-refractivity contribution in [2.75, 3.05) is 154 Å². The number of nitrogen functional groups attached to an aromatic ring is 1. The van der Waals surface area contributed by atoms with Gasteiger partial charge in [0.25, 0.3) is 0 Å². The third kappa shape index (κ3) is 31.4. The summed E-state index contributed by atoms with van der Waals surface area (Å²) in [7, 11) is 21.7. The van der Waals surface area contributed by atoms with Gasteiger partial charge in [-0.25, -0.2) is 57.9 Å². The Balaban J connectivity index is 0.000000221. The summed E-state index contributed by atoms with van der Waals surface area (Å²) >= 11 is 9.95. The lowest BCUT2D eigenvalue weighted by Crippen LogP contribution is -2.20. The monoisotopic (exact) mass is 2000 g/mol. The van der Waals surface area contributed by atoms with Crippen LogP contribution in [0.5, 0.6) is 40.2 Å². The van der Waals surface area contributed by atoms with E-state index in [9.17, 15) is 34.2 Å². The van der Waals surface area contributed by atoms with Crippen molar-refractivity contribution in [2.24, 2.45) is 0 Å². The summed E-state index contributed by atoms with van der Waals surface area (Å²) in [6.45, 7) is 8.04. The van der Waals surface area contributed by atoms with E-state index < -0.39 is 21.4 Å². The molecule has 0 fully saturated rings. The minimum Gasteiger partial charge on any atom is -0.496 e. The van der Waals surface area contributed by atoms with Crippen molar-refractivity contribution in [3.05, 3.63) is 304 Å². The first-order chi connectivity index (χ1) is 67.1. The van der Waals surface area contributed by atoms with Gasteiger partial charge >= 0.3 is 11.4 Å². The maximum absolute atomic E-state index is 13.8. The highest BCUT2D eigenvalue weighted by Crippen LogP contribution is 2.39. The first-order valence-corrected chi connectivity index (χ1v) is 44.3. The first-order valence-electron chi connectivity index (χ1n) is 43.4. The molecule has 1 atom stereocenters. The molecule has 1 unspecified atom stereocenters. The van der Waals surface area contributed by atoms with Gasteiger partial charge in [-0.2, -0.15) is 34.7 Å². The minimum absolute atomic E-state index is 0. The van der Waals surface area contributed by atoms with E-state index in [0.29, 0.717) is 125 Å². The second kappa shape index (κ2) is 55.5. The van der Waals surface area contributed by atoms with Crippen LogP contribution in [0, 0.1) is 26.0 Å². The molecule has 1 amide bonds. The van der Waals surface area contributed by atoms with E-state index in [1.54, 1.807) is 84.8 Å². The Bertz CT molecular complexity index is 6870. The third-order valence-corrected chi connectivity index (χ3v) is 21.0. The highest BCUT2D eigenvalue weighted by atomic mass is 35.5. The van der Waals surface area contributed by atoms with Gasteiger partial charge in [-0.1, -0.05) is 38.3 Å². The number of hydrogen-bond acceptors (Lipinski definition) is 31. The highest BCUT2D eigenvalue weighted by molar-refractivity contribution is 6.92. The zero-order chi connectivity index (χ0) is 99.6. The number of rotatable bonds is 36. The minimum atomic E-state index is -0.952. The number of methoxy groups -OCH3 is 4. The number of nitrogens with one attached hydrogen (secondary N) is 1. The quantitative estimate of drug-likeness (QED) is 0.00624. The van der Waals surface area contributed by atoms with E-state index in [0.717, 1.165) is 104 Å². The topological polar surface area (TPSA) is 460 Å². The number of aromatic nitrogens is 16. The van der Waals surface area contributed by atoms with Gasteiger partial charge in [-0.15, -0.1) is 11.6 Å². The number of nitrogens with zero attached hydrogens (tertiary/aromatic N) is 22. The number of nitro benzene ring substituents is 2. The Labute approximate surface area is 833 Å². The van der Waals surface area contributed by atoms with Crippen LogP contribution in [0.25, 0.3) is 67.1 Å². The van der Waals surface area contributed by atoms with E-state index in [-0.39, 0.29) is 77.0 Å². The number of fused-ring (bicyclic) bond motifs is 4. The summed E-state index contributed by atoms with van der Waals surface area (Å²) in [5, 5.41) is 50.8. The number of benzene rings is 4. The van der Waals surface area contributed by atoms with E-state index in [2.05, 4.69) is 67.1 Å². The maximum Gasteiger partial charge on any atom is 0.311 e. The van der Waals surface area contributed by atoms with Crippen LogP contribution >= 0.6 is 33.1 Å². The highest BCUT2D eigenvalue weighted by Gasteiger charge is 2.26. The molecule has 0 radical (unpaired) electrons. The molecular formula is C99H116Cl2FN24O15P. The molecule has 6 N–H and O–H groups in total. The van der Waals surface area contributed by atoms with Crippen LogP contribution in [0.4, 0.5) is 27.1 Å². The summed E-state index contributed by atoms with van der Waals surface area (Å²) in [6, 6.07) is 43.2. The third-order valence-electron chi connectivity index (χ3n) is 20.6. The Morgan fingerprint density at radius 2 is 0.789 bits per heavy atom. The first kappa shape index (κ1) is 112. The second-order valence-electron chi connectivity index (χ2n) is 31.6. The summed E-state index contributed by atoms with van der Waals surface area (Å²) in [6.07, 6.45) is 24.1. The van der Waals surface area contributed by atoms with Gasteiger partial charge in [-0.3, -0.25) is 29.8 Å². The number of carbonyl (C=O) groups excluding carboxylic acids is 2. The molecule has 142 heavy (non-hydrogen) atoms. The molecule has 43 heteroatoms. The lowest BCUT2D eigenvalue weighted by Gasteiger charge is -2.17. The SMILES string of the molecule is C.C=CC(=O)Nc1cc(Cc2nccc(-c3cnn4ccccc34)n2)c(OC)cc1OCCN(C)C.CN(C)CCO.COc1cc(F)c([N+](=O)[O-])cc1Cc1nccc(-c2cnn3ccccc23)n1.COc1cc(OCCN(C)C)c(N)cc1Cc1nccc(-c2cnn3ccccc23)n1.COc1cc(OCCN(C)C)c([N+](=O)[O-])cc1Cc1nccc(-c2cnn3ccccc23)n1.O.O=C(Cl)CCCl.P. The molecule has 0 saturated heterocycles. The van der Waals surface area contributed by atoms with Crippen molar-refractivity contribution >= 4 is 89.1 Å². The fraction of sp³-hybridized carbons (Fsp3) is 0.273. The average molecular weight is 2000 g/mol. The zero-order valence-electron chi connectivity index (χ0n) is 80.0. The van der Waals surface area contributed by atoms with Crippen LogP contribution < -0.4 is 44.2 Å². The van der Waals surface area contributed by atoms with E-state index in [1.165, 1.54) is 26.4 Å². The van der Waals surface area contributed by atoms with E-state index in [1.807, 2.05) is 220 Å². The van der Waals surface area contributed by atoms with Gasteiger partial charge in [0.15, 0.2) is 0 Å². The standard InChI is InChI=1S/C26H28N6O3.C23H24N6O4.C23H26N6O2.C19H14FN5O3.C4H11NO.C3H4Cl2O.CH4.H2O.H3P/c1-5-26(33)30-21-14-18(23(34-4)16-24(21)35-13-12-31(2)3)15-25-27-10-9-20(29-25)19-17-28-32-11-7-6-8-22(19)32;1-27(2)10-11-33-22-14-21(32-3)16(12-20(22)29(30)31)13-23-24-8-7-18(26-23)17-15-25-28-9-5-4-6-19(17)28;1-28(2)10-11-31-22-14-21(30-3)16(12-18(22)24)13-23-25-8-7-19(27-23)17-15-26-29-9-5-4-6-20(17)29;1-28-18-10-14(20)17(25(26)27)8-12(18)9-19-21-6-5-15(23-19)13-11-22-24-7-3-2-4-16(13)24;1-5(2)3-4-6;4-2-1-3(5)6;;;/h5-11,14,16-17H,1,12-13,15H2,2-4H3,(H,30,33);4-9,12,14-15H,10-11,13H2,1-3H3;4-9,12,14-15H,10-11,13,24H2,1-3H3;2-8,10-11H,9H2,1H3;6H,3-4H2,1-2H3;1-2H2;1H4;1H2;1H3. The molecule has 0 bridgehead atoms. The number of ether oxygens (including phenoxy) is 7. The molecule has 16 aromatic rings. The van der Waals surface area contributed by atoms with Gasteiger partial charge in [0.1, 0.15) is 77.6 Å². The maximum atomic E-state index is 13.8. The molecule has 0 aliphatic carbocycles. The number of amides is 1. The molecule has 0 saturated carbocycles. The van der Waals surface area contributed by atoms with Gasteiger partial charge in [0.2, 0.25) is 22.7 Å². The van der Waals surface area contributed by atoms with Crippen molar-refractivity contribution in [3.8, 4) is 85.3 Å². The molecule has 12 aromatic heterocycles. The molecule has 0 spiro atoms. The molecular weight excluding hydrogens is 1890 g/mol. The Hall–Kier alpha value is -15.3. The van der Waals surface area contributed by atoms with Crippen molar-refractivity contribution in [1.82, 2.24) is 97.9 Å². The molecule has 0 aliphatic heterocycles. The van der Waals surface area contributed by atoms with Crippen molar-refractivity contribution in [2.45, 2.75) is 39.5 Å². The molecule has 748 valence electrons. The van der Waals surface area contributed by atoms with Crippen molar-refractivity contribution in [3.63, 3.8) is 0 Å². The summed E-state index contributed by atoms with van der Waals surface area (Å²) in [5.74, 6) is 4.55. The Morgan fingerprint density at radius 3 is 1.10 bits per heavy atom. The Kier molecular flexibility index (Phi) is 43.8. The number of nitro groups is 2. The van der Waals surface area contributed by atoms with Crippen molar-refractivity contribution < 1.29 is 67.6 Å². The zero-order valence-corrected chi connectivity index (χ0v) is 82.9. The number of hydrogen-bond donors (Lipinski definition) is 3. The molecule has 0 aliphatic rings. The predicted octanol–water partition coefficient (Wildman–Crippen LogP) is 13.8. The van der Waals surface area contributed by atoms with Crippen LogP contribution in [-0.4, -0.2) is 273 Å². The number of likely N-dealkylation sites (N-methyl/N-ethyl adjacent to an activating group) is 4. The lowest BCUT2D eigenvalue weighted by molar-refractivity contribution is -0.387. The fourth-order valence-corrected chi connectivity index (χ4v) is 14.0. The number of anilines is 2. The normalized spacial score (nSPS) is 10.7. The number of aliphatic hydroxyl groups is 1. The fourth-order valence-electron chi connectivity index (χ4n) is 13.7. The van der Waals surface area contributed by atoms with Crippen LogP contribution in [0.3, 0.4) is 0 Å². The number of pyridine rings is 4. The van der Waals surface area contributed by atoms with Gasteiger partial charge in [-0.05, 0) is 159 Å². The number of halogens is 3. The van der Waals surface area contributed by atoms with Gasteiger partial charge < -0.3 is 74.4 Å². The Morgan fingerprint density at radius 1 is 0.472 bits per heavy atom. The van der Waals surface area contributed by atoms with E-state index >= 15 is 0 Å². The van der Waals surface area contributed by atoms with Gasteiger partial charge in [0.05, 0.1) is 126 Å². The number of nitrogens with two attached hydrogens (primary N) is 1. The molecule has 12 heterocycles. The number of alkyl halides is 1. The summed E-state index contributed by atoms with van der Waals surface area (Å²) < 4.78 is 60.3. The summed E-state index contributed by atoms with van der Waals surface area (Å²) in [4.78, 5) is 87.5. The lowest BCUT2D eigenvalue weighted by atomic mass is 10.1. The predicted molar refractivity (Wildman–Crippen MR) is 550 cm³/mol. The number of carbonyl (C=O) groups is 2. The van der Waals surface area contributed by atoms with Crippen LogP contribution in [0.15, 0.2) is 233 Å². The average Bonchev–Trinajstić information content (AvgIpc) is 1.52. The molecule has 39 nitrogen and oxygen atoms in total. The number of aliphatic hydroxyl groups excluding tert-OH is 1. The summed E-state index contributed by atoms with van der Waals surface area (Å²) in [5.41, 5.74) is 19.7. The van der Waals surface area contributed by atoms with Gasteiger partial charge in [0, 0.05) is 195 Å². The second-order valence-corrected chi connectivity index (χ2v) is 32.4. The van der Waals surface area contributed by atoms with Crippen LogP contribution in [0.1, 0.15) is 59.4 Å². The van der Waals surface area contributed by atoms with Crippen LogP contribution in [-0.2, 0) is 35.3 Å². The molecule has 16 rings (SSSR count).